The first-order valence-corrected chi connectivity index (χ1v) is 6.97. The predicted octanol–water partition coefficient (Wildman–Crippen LogP) is 3.43. The molecule has 1 aromatic carbocycles. The molecule has 0 N–H and O–H groups in total. The first-order chi connectivity index (χ1) is 9.58. The monoisotopic (exact) mass is 340 g/mol. The van der Waals surface area contributed by atoms with Crippen molar-refractivity contribution in [2.45, 2.75) is 19.9 Å². The lowest BCUT2D eigenvalue weighted by molar-refractivity contribution is 0.102. The number of ether oxygens (including phenoxy) is 1. The van der Waals surface area contributed by atoms with Gasteiger partial charge in [-0.25, -0.2) is 4.39 Å². The zero-order chi connectivity index (χ0) is 14.7. The zero-order valence-corrected chi connectivity index (χ0v) is 12.8. The first-order valence-electron chi connectivity index (χ1n) is 6.18. The molecule has 20 heavy (non-hydrogen) atoms. The first kappa shape index (κ1) is 14.7. The largest absolute Gasteiger partial charge is 0.493 e. The van der Waals surface area contributed by atoms with Gasteiger partial charge in [0, 0.05) is 12.1 Å². The van der Waals surface area contributed by atoms with Crippen molar-refractivity contribution in [1.82, 2.24) is 9.78 Å². The van der Waals surface area contributed by atoms with Crippen LogP contribution in [-0.4, -0.2) is 22.7 Å². The van der Waals surface area contributed by atoms with E-state index >= 15 is 0 Å². The second-order valence-corrected chi connectivity index (χ2v) is 5.10. The Bertz CT molecular complexity index is 640. The number of halogens is 2. The summed E-state index contributed by atoms with van der Waals surface area (Å²) in [7, 11) is 1.48. The van der Waals surface area contributed by atoms with Crippen molar-refractivity contribution in [3.05, 3.63) is 45.9 Å². The van der Waals surface area contributed by atoms with Crippen molar-refractivity contribution in [2.24, 2.45) is 0 Å². The van der Waals surface area contributed by atoms with Crippen LogP contribution in [0.2, 0.25) is 0 Å². The summed E-state index contributed by atoms with van der Waals surface area (Å²) in [6.07, 6.45) is 2.33. The molecule has 0 aliphatic heterocycles. The quantitative estimate of drug-likeness (QED) is 0.783. The molecule has 1 aromatic heterocycles. The Labute approximate surface area is 124 Å². The molecule has 2 rings (SSSR count). The second-order valence-electron chi connectivity index (χ2n) is 4.24. The van der Waals surface area contributed by atoms with Gasteiger partial charge in [0.15, 0.2) is 11.4 Å². The maximum atomic E-state index is 13.6. The van der Waals surface area contributed by atoms with Crippen molar-refractivity contribution in [3.63, 3.8) is 0 Å². The standard InChI is InChI=1S/C14H14BrFN2O2/c1-3-6-18-13(12(20-2)8-17-18)14(19)9-4-5-10(15)11(16)7-9/h4-5,7-8H,3,6H2,1-2H3. The highest BCUT2D eigenvalue weighted by Crippen LogP contribution is 2.24. The van der Waals surface area contributed by atoms with Crippen LogP contribution in [-0.2, 0) is 6.54 Å². The maximum Gasteiger partial charge on any atom is 0.214 e. The molecule has 0 atom stereocenters. The summed E-state index contributed by atoms with van der Waals surface area (Å²) in [6.45, 7) is 2.59. The Morgan fingerprint density at radius 2 is 2.25 bits per heavy atom. The molecule has 0 aliphatic carbocycles. The van der Waals surface area contributed by atoms with Crippen LogP contribution in [0.3, 0.4) is 0 Å². The minimum absolute atomic E-state index is 0.266. The Morgan fingerprint density at radius 1 is 1.50 bits per heavy atom. The lowest BCUT2D eigenvalue weighted by Gasteiger charge is -2.08. The molecule has 0 saturated heterocycles. The van der Waals surface area contributed by atoms with E-state index in [1.165, 1.54) is 25.4 Å². The summed E-state index contributed by atoms with van der Waals surface area (Å²) in [5.74, 6) is -0.387. The normalized spacial score (nSPS) is 10.6. The van der Waals surface area contributed by atoms with Gasteiger partial charge in [-0.05, 0) is 40.5 Å². The molecule has 0 spiro atoms. The van der Waals surface area contributed by atoms with Crippen LogP contribution in [0.5, 0.6) is 5.75 Å². The molecule has 6 heteroatoms. The number of hydrogen-bond donors (Lipinski definition) is 0. The number of methoxy groups -OCH3 is 1. The van der Waals surface area contributed by atoms with E-state index in [0.29, 0.717) is 22.5 Å². The van der Waals surface area contributed by atoms with Crippen molar-refractivity contribution in [1.29, 1.82) is 0 Å². The highest BCUT2D eigenvalue weighted by atomic mass is 79.9. The Morgan fingerprint density at radius 3 is 2.85 bits per heavy atom. The number of nitrogens with zero attached hydrogens (tertiary/aromatic N) is 2. The van der Waals surface area contributed by atoms with Crippen molar-refractivity contribution < 1.29 is 13.9 Å². The van der Waals surface area contributed by atoms with Crippen LogP contribution in [0.4, 0.5) is 4.39 Å². The minimum atomic E-state index is -0.476. The van der Waals surface area contributed by atoms with Gasteiger partial charge in [-0.2, -0.15) is 5.10 Å². The molecule has 4 nitrogen and oxygen atoms in total. The summed E-state index contributed by atoms with van der Waals surface area (Å²) in [4.78, 5) is 12.5. The lowest BCUT2D eigenvalue weighted by Crippen LogP contribution is -2.12. The van der Waals surface area contributed by atoms with E-state index in [-0.39, 0.29) is 11.3 Å². The van der Waals surface area contributed by atoms with E-state index in [0.717, 1.165) is 6.42 Å². The maximum absolute atomic E-state index is 13.6. The summed E-state index contributed by atoms with van der Waals surface area (Å²) >= 11 is 3.07. The number of benzene rings is 1. The van der Waals surface area contributed by atoms with Gasteiger partial charge in [0.2, 0.25) is 5.78 Å². The summed E-state index contributed by atoms with van der Waals surface area (Å²) in [5.41, 5.74) is 0.609. The molecular formula is C14H14BrFN2O2. The molecule has 0 radical (unpaired) electrons. The molecule has 0 unspecified atom stereocenters. The lowest BCUT2D eigenvalue weighted by atomic mass is 10.1. The number of aryl methyl sites for hydroxylation is 1. The molecule has 0 bridgehead atoms. The van der Waals surface area contributed by atoms with Gasteiger partial charge in [0.25, 0.3) is 0 Å². The molecule has 1 heterocycles. The summed E-state index contributed by atoms with van der Waals surface area (Å²) in [6, 6.07) is 4.28. The molecule has 0 amide bonds. The number of hydrogen-bond acceptors (Lipinski definition) is 3. The highest BCUT2D eigenvalue weighted by Gasteiger charge is 2.21. The molecule has 0 saturated carbocycles. The molecule has 2 aromatic rings. The molecular weight excluding hydrogens is 327 g/mol. The van der Waals surface area contributed by atoms with Crippen LogP contribution in [0.1, 0.15) is 29.4 Å². The average molecular weight is 341 g/mol. The number of carbonyl (C=O) groups excluding carboxylic acids is 1. The third-order valence-electron chi connectivity index (χ3n) is 2.86. The highest BCUT2D eigenvalue weighted by molar-refractivity contribution is 9.10. The van der Waals surface area contributed by atoms with Gasteiger partial charge >= 0.3 is 0 Å². The van der Waals surface area contributed by atoms with Gasteiger partial charge in [-0.1, -0.05) is 6.92 Å². The molecule has 0 aliphatic rings. The van der Waals surface area contributed by atoms with Crippen molar-refractivity contribution in [2.75, 3.05) is 7.11 Å². The van der Waals surface area contributed by atoms with Gasteiger partial charge in [0.1, 0.15) is 5.82 Å². The van der Waals surface area contributed by atoms with Crippen LogP contribution in [0.25, 0.3) is 0 Å². The SMILES string of the molecule is CCCn1ncc(OC)c1C(=O)c1ccc(Br)c(F)c1. The van der Waals surface area contributed by atoms with Crippen molar-refractivity contribution in [3.8, 4) is 5.75 Å². The number of aromatic nitrogens is 2. The smallest absolute Gasteiger partial charge is 0.214 e. The Hall–Kier alpha value is -1.69. The van der Waals surface area contributed by atoms with Crippen LogP contribution < -0.4 is 4.74 Å². The van der Waals surface area contributed by atoms with Gasteiger partial charge in [0.05, 0.1) is 17.8 Å². The average Bonchev–Trinajstić information content (AvgIpc) is 2.84. The Balaban J connectivity index is 2.46. The fourth-order valence-corrected chi connectivity index (χ4v) is 2.15. The second kappa shape index (κ2) is 6.17. The topological polar surface area (TPSA) is 44.1 Å². The third-order valence-corrected chi connectivity index (χ3v) is 3.50. The third kappa shape index (κ3) is 2.75. The number of carbonyl (C=O) groups is 1. The number of rotatable bonds is 5. The van der Waals surface area contributed by atoms with Gasteiger partial charge in [-0.3, -0.25) is 9.48 Å². The van der Waals surface area contributed by atoms with Gasteiger partial charge < -0.3 is 4.74 Å². The molecule has 0 fully saturated rings. The van der Waals surface area contributed by atoms with E-state index < -0.39 is 5.82 Å². The summed E-state index contributed by atoms with van der Waals surface area (Å²) < 4.78 is 20.6. The fourth-order valence-electron chi connectivity index (χ4n) is 1.90. The van der Waals surface area contributed by atoms with E-state index in [1.807, 2.05) is 6.92 Å². The number of ketones is 1. The van der Waals surface area contributed by atoms with Crippen LogP contribution in [0.15, 0.2) is 28.9 Å². The minimum Gasteiger partial charge on any atom is -0.493 e. The molecule has 106 valence electrons. The van der Waals surface area contributed by atoms with Crippen LogP contribution in [0, 0.1) is 5.82 Å². The fraction of sp³-hybridized carbons (Fsp3) is 0.286. The predicted molar refractivity (Wildman–Crippen MR) is 76.6 cm³/mol. The van der Waals surface area contributed by atoms with Gasteiger partial charge in [-0.15, -0.1) is 0 Å². The Kier molecular flexibility index (Phi) is 4.54. The van der Waals surface area contributed by atoms with E-state index in [1.54, 1.807) is 10.7 Å². The van der Waals surface area contributed by atoms with Crippen molar-refractivity contribution >= 4 is 21.7 Å². The van der Waals surface area contributed by atoms with E-state index in [2.05, 4.69) is 21.0 Å². The zero-order valence-electron chi connectivity index (χ0n) is 11.2. The summed E-state index contributed by atoms with van der Waals surface area (Å²) in [5, 5.41) is 4.13. The van der Waals surface area contributed by atoms with Crippen LogP contribution >= 0.6 is 15.9 Å². The van der Waals surface area contributed by atoms with E-state index in [4.69, 9.17) is 4.74 Å². The van der Waals surface area contributed by atoms with E-state index in [9.17, 15) is 9.18 Å².